The Labute approximate surface area is 206 Å². The van der Waals surface area contributed by atoms with Gasteiger partial charge >= 0.3 is 0 Å². The molecule has 2 aromatic heterocycles. The molecule has 5 rings (SSSR count). The second-order valence-electron chi connectivity index (χ2n) is 9.57. The van der Waals surface area contributed by atoms with Gasteiger partial charge in [-0.2, -0.15) is 0 Å². The lowest BCUT2D eigenvalue weighted by Gasteiger charge is -2.28. The van der Waals surface area contributed by atoms with Gasteiger partial charge in [-0.15, -0.1) is 10.2 Å². The Morgan fingerprint density at radius 3 is 2.59 bits per heavy atom. The predicted molar refractivity (Wildman–Crippen MR) is 132 cm³/mol. The quantitative estimate of drug-likeness (QED) is 0.470. The zero-order valence-corrected chi connectivity index (χ0v) is 20.8. The summed E-state index contributed by atoms with van der Waals surface area (Å²) in [6.07, 6.45) is 7.46. The molecule has 0 spiro atoms. The minimum atomic E-state index is 0.00965. The molecule has 3 aromatic rings. The second kappa shape index (κ2) is 10.0. The van der Waals surface area contributed by atoms with Crippen molar-refractivity contribution < 1.29 is 9.47 Å². The van der Waals surface area contributed by atoms with Crippen LogP contribution in [0.5, 0.6) is 5.88 Å². The lowest BCUT2D eigenvalue weighted by atomic mass is 9.86. The molecule has 1 fully saturated rings. The Kier molecular flexibility index (Phi) is 6.86. The van der Waals surface area contributed by atoms with Crippen LogP contribution in [0.25, 0.3) is 5.69 Å². The van der Waals surface area contributed by atoms with Crippen LogP contribution >= 0.6 is 11.6 Å². The smallest absolute Gasteiger partial charge is 0.213 e. The summed E-state index contributed by atoms with van der Waals surface area (Å²) in [5, 5.41) is 10.1. The van der Waals surface area contributed by atoms with Crippen LogP contribution < -0.4 is 4.74 Å². The normalized spacial score (nSPS) is 23.1. The summed E-state index contributed by atoms with van der Waals surface area (Å²) in [5.41, 5.74) is 2.30. The molecule has 1 aliphatic heterocycles. The molecule has 34 heavy (non-hydrogen) atoms. The van der Waals surface area contributed by atoms with Crippen LogP contribution in [0.2, 0.25) is 5.02 Å². The Hall–Kier alpha value is -2.48. The molecular weight excluding hydrogens is 450 g/mol. The highest BCUT2D eigenvalue weighted by molar-refractivity contribution is 6.30. The number of hydrogen-bond donors (Lipinski definition) is 0. The van der Waals surface area contributed by atoms with Gasteiger partial charge in [-0.25, -0.2) is 4.98 Å². The number of benzene rings is 1. The molecule has 7 nitrogen and oxygen atoms in total. The molecule has 1 saturated carbocycles. The van der Waals surface area contributed by atoms with E-state index >= 15 is 0 Å². The maximum absolute atomic E-state index is 6.40. The fourth-order valence-electron chi connectivity index (χ4n) is 4.97. The number of pyridine rings is 1. The minimum absolute atomic E-state index is 0.00965. The van der Waals surface area contributed by atoms with Crippen LogP contribution in [0.1, 0.15) is 55.7 Å². The first-order chi connectivity index (χ1) is 16.5. The first-order valence-corrected chi connectivity index (χ1v) is 12.5. The van der Waals surface area contributed by atoms with E-state index in [1.165, 1.54) is 5.56 Å². The molecule has 0 amide bonds. The summed E-state index contributed by atoms with van der Waals surface area (Å²) in [7, 11) is 4.06. The molecule has 2 aliphatic rings. The van der Waals surface area contributed by atoms with Gasteiger partial charge in [0.25, 0.3) is 0 Å². The zero-order chi connectivity index (χ0) is 23.7. The van der Waals surface area contributed by atoms with Gasteiger partial charge in [-0.1, -0.05) is 17.7 Å². The summed E-state index contributed by atoms with van der Waals surface area (Å²) in [5.74, 6) is 3.03. The van der Waals surface area contributed by atoms with Crippen molar-refractivity contribution in [1.29, 1.82) is 0 Å². The number of rotatable bonds is 6. The molecule has 8 heteroatoms. The minimum Gasteiger partial charge on any atom is -0.474 e. The van der Waals surface area contributed by atoms with E-state index in [0.29, 0.717) is 11.8 Å². The first kappa shape index (κ1) is 23.3. The van der Waals surface area contributed by atoms with Gasteiger partial charge in [-0.05, 0) is 76.5 Å². The van der Waals surface area contributed by atoms with Gasteiger partial charge in [0.2, 0.25) is 5.88 Å². The molecule has 0 N–H and O–H groups in total. The summed E-state index contributed by atoms with van der Waals surface area (Å²) in [4.78, 5) is 6.38. The maximum Gasteiger partial charge on any atom is 0.213 e. The van der Waals surface area contributed by atoms with Crippen molar-refractivity contribution in [3.8, 4) is 11.6 Å². The Balaban J connectivity index is 1.38. The highest BCUT2D eigenvalue weighted by Crippen LogP contribution is 2.37. The second-order valence-corrected chi connectivity index (χ2v) is 10.0. The lowest BCUT2D eigenvalue weighted by molar-refractivity contribution is -0.0700. The molecule has 1 aliphatic carbocycles. The summed E-state index contributed by atoms with van der Waals surface area (Å²) in [6, 6.07) is 11.9. The fraction of sp³-hybridized carbons (Fsp3) is 0.500. The van der Waals surface area contributed by atoms with Crippen molar-refractivity contribution in [3.05, 3.63) is 64.8 Å². The molecule has 2 atom stereocenters. The molecule has 0 radical (unpaired) electrons. The van der Waals surface area contributed by atoms with E-state index in [0.717, 1.165) is 60.9 Å². The summed E-state index contributed by atoms with van der Waals surface area (Å²) < 4.78 is 14.8. The highest BCUT2D eigenvalue weighted by atomic mass is 35.5. The Morgan fingerprint density at radius 1 is 1.03 bits per heavy atom. The molecule has 3 heterocycles. The highest BCUT2D eigenvalue weighted by Gasteiger charge is 2.32. The van der Waals surface area contributed by atoms with Crippen molar-refractivity contribution >= 4 is 11.6 Å². The summed E-state index contributed by atoms with van der Waals surface area (Å²) in [6.45, 7) is 2.07. The van der Waals surface area contributed by atoms with Gasteiger partial charge in [0.05, 0.1) is 11.8 Å². The fourth-order valence-corrected chi connectivity index (χ4v) is 5.16. The topological polar surface area (TPSA) is 65.3 Å². The average molecular weight is 482 g/mol. The molecule has 1 aromatic carbocycles. The van der Waals surface area contributed by atoms with Gasteiger partial charge in [0.15, 0.2) is 0 Å². The predicted octanol–water partition coefficient (Wildman–Crippen LogP) is 4.81. The van der Waals surface area contributed by atoms with Crippen molar-refractivity contribution in [2.75, 3.05) is 14.1 Å². The lowest BCUT2D eigenvalue weighted by Crippen LogP contribution is -2.33. The van der Waals surface area contributed by atoms with E-state index in [-0.39, 0.29) is 18.4 Å². The van der Waals surface area contributed by atoms with Gasteiger partial charge < -0.3 is 9.47 Å². The number of ether oxygens (including phenoxy) is 2. The average Bonchev–Trinajstić information content (AvgIpc) is 3.17. The molecule has 180 valence electrons. The van der Waals surface area contributed by atoms with Gasteiger partial charge in [0.1, 0.15) is 24.0 Å². The molecule has 0 bridgehead atoms. The van der Waals surface area contributed by atoms with Crippen molar-refractivity contribution in [1.82, 2.24) is 24.6 Å². The molecule has 2 unspecified atom stereocenters. The van der Waals surface area contributed by atoms with Crippen LogP contribution in [0.4, 0.5) is 0 Å². The maximum atomic E-state index is 6.40. The summed E-state index contributed by atoms with van der Waals surface area (Å²) >= 11 is 6.40. The van der Waals surface area contributed by atoms with Crippen LogP contribution in [0.3, 0.4) is 0 Å². The largest absolute Gasteiger partial charge is 0.474 e. The first-order valence-electron chi connectivity index (χ1n) is 12.1. The van der Waals surface area contributed by atoms with Crippen molar-refractivity contribution in [2.24, 2.45) is 0 Å². The molecule has 0 saturated heterocycles. The van der Waals surface area contributed by atoms with E-state index in [1.807, 2.05) is 38.4 Å². The van der Waals surface area contributed by atoms with Crippen LogP contribution in [-0.4, -0.2) is 57.2 Å². The van der Waals surface area contributed by atoms with Crippen LogP contribution in [0, 0.1) is 0 Å². The third-order valence-electron chi connectivity index (χ3n) is 6.98. The van der Waals surface area contributed by atoms with E-state index < -0.39 is 0 Å². The van der Waals surface area contributed by atoms with Crippen molar-refractivity contribution in [3.63, 3.8) is 0 Å². The van der Waals surface area contributed by atoms with Crippen molar-refractivity contribution in [2.45, 2.75) is 69.8 Å². The third-order valence-corrected chi connectivity index (χ3v) is 7.21. The number of halogens is 1. The molecular formula is C26H32ClN5O2. The number of hydrogen-bond acceptors (Lipinski definition) is 6. The van der Waals surface area contributed by atoms with E-state index in [9.17, 15) is 0 Å². The van der Waals surface area contributed by atoms with Gasteiger partial charge in [-0.3, -0.25) is 9.47 Å². The van der Waals surface area contributed by atoms with Crippen LogP contribution in [0.15, 0.2) is 42.6 Å². The van der Waals surface area contributed by atoms with E-state index in [2.05, 4.69) is 38.6 Å². The van der Waals surface area contributed by atoms with Gasteiger partial charge in [0, 0.05) is 36.0 Å². The Morgan fingerprint density at radius 2 is 1.85 bits per heavy atom. The van der Waals surface area contributed by atoms with E-state index in [4.69, 9.17) is 26.2 Å². The number of nitrogens with zero attached hydrogens (tertiary/aromatic N) is 5. The SMILES string of the molecule is CC(OC1Cc2cc(Cl)ccc2-n2c(nnc2C2CCC(Oc3ccccn3)CC2)C1)N(C)C. The van der Waals surface area contributed by atoms with E-state index in [1.54, 1.807) is 6.20 Å². The zero-order valence-electron chi connectivity index (χ0n) is 20.0. The number of fused-ring (bicyclic) bond motifs is 3. The standard InChI is InChI=1S/C26H32ClN5O2/c1-17(31(2)3)33-22-15-19-14-20(27)9-12-23(19)32-24(16-22)29-30-26(32)18-7-10-21(11-8-18)34-25-6-4-5-13-28-25/h4-6,9,12-14,17-18,21-22H,7-8,10-11,15-16H2,1-3H3. The Bertz CT molecular complexity index is 1110. The third kappa shape index (κ3) is 4.97. The number of aromatic nitrogens is 4. The monoisotopic (exact) mass is 481 g/mol. The van der Waals surface area contributed by atoms with Crippen LogP contribution in [-0.2, 0) is 17.6 Å².